The Balaban J connectivity index is 2.01. The molecule has 1 aliphatic heterocycles. The number of hydrogen-bond donors (Lipinski definition) is 1. The van der Waals surface area contributed by atoms with Crippen molar-refractivity contribution < 1.29 is 24.2 Å². The van der Waals surface area contributed by atoms with Gasteiger partial charge in [0.05, 0.1) is 37.7 Å². The fourth-order valence-corrected chi connectivity index (χ4v) is 3.81. The lowest BCUT2D eigenvalue weighted by Crippen LogP contribution is -2.29. The van der Waals surface area contributed by atoms with E-state index in [4.69, 9.17) is 9.47 Å². The van der Waals surface area contributed by atoms with Gasteiger partial charge in [-0.15, -0.1) is 0 Å². The summed E-state index contributed by atoms with van der Waals surface area (Å²) in [6.45, 7) is 1.92. The predicted molar refractivity (Wildman–Crippen MR) is 120 cm³/mol. The van der Waals surface area contributed by atoms with Crippen molar-refractivity contribution in [2.24, 2.45) is 0 Å². The molecular formula is C25H22N2O5. The minimum Gasteiger partial charge on any atom is -0.507 e. The normalized spacial score (nSPS) is 17.5. The Labute approximate surface area is 185 Å². The first-order valence-electron chi connectivity index (χ1n) is 9.96. The van der Waals surface area contributed by atoms with E-state index in [0.29, 0.717) is 28.3 Å². The topological polar surface area (TPSA) is 89.0 Å². The summed E-state index contributed by atoms with van der Waals surface area (Å²) in [5, 5.41) is 11.2. The summed E-state index contributed by atoms with van der Waals surface area (Å²) < 4.78 is 10.9. The van der Waals surface area contributed by atoms with Gasteiger partial charge in [0.1, 0.15) is 17.3 Å². The number of hydrogen-bond acceptors (Lipinski definition) is 6. The van der Waals surface area contributed by atoms with Crippen molar-refractivity contribution >= 4 is 23.1 Å². The molecule has 3 aromatic rings. The molecule has 7 heteroatoms. The van der Waals surface area contributed by atoms with Gasteiger partial charge in [0.15, 0.2) is 0 Å². The van der Waals surface area contributed by atoms with Gasteiger partial charge in [-0.3, -0.25) is 19.5 Å². The number of aliphatic hydroxyl groups is 1. The first kappa shape index (κ1) is 21.1. The summed E-state index contributed by atoms with van der Waals surface area (Å²) in [5.74, 6) is -0.845. The number of benzene rings is 2. The smallest absolute Gasteiger partial charge is 0.300 e. The van der Waals surface area contributed by atoms with Crippen LogP contribution >= 0.6 is 0 Å². The molecule has 0 radical (unpaired) electrons. The van der Waals surface area contributed by atoms with Crippen LogP contribution in [0.2, 0.25) is 0 Å². The van der Waals surface area contributed by atoms with Gasteiger partial charge in [-0.1, -0.05) is 29.8 Å². The third-order valence-electron chi connectivity index (χ3n) is 5.42. The van der Waals surface area contributed by atoms with E-state index in [0.717, 1.165) is 5.56 Å². The van der Waals surface area contributed by atoms with Crippen LogP contribution in [0.4, 0.5) is 5.69 Å². The van der Waals surface area contributed by atoms with Crippen molar-refractivity contribution in [3.63, 3.8) is 0 Å². The molecule has 0 aliphatic carbocycles. The van der Waals surface area contributed by atoms with E-state index in [1.54, 1.807) is 48.7 Å². The molecule has 2 heterocycles. The first-order valence-corrected chi connectivity index (χ1v) is 9.96. The minimum absolute atomic E-state index is 0.0331. The summed E-state index contributed by atoms with van der Waals surface area (Å²) >= 11 is 0. The van der Waals surface area contributed by atoms with Gasteiger partial charge in [-0.2, -0.15) is 0 Å². The Morgan fingerprint density at radius 3 is 2.41 bits per heavy atom. The molecule has 1 N–H and O–H groups in total. The van der Waals surface area contributed by atoms with Crippen LogP contribution in [0.5, 0.6) is 11.5 Å². The third kappa shape index (κ3) is 3.58. The molecule has 0 saturated carbocycles. The van der Waals surface area contributed by atoms with Gasteiger partial charge in [0.25, 0.3) is 11.7 Å². The molecule has 1 saturated heterocycles. The zero-order chi connectivity index (χ0) is 22.8. The van der Waals surface area contributed by atoms with E-state index in [2.05, 4.69) is 4.98 Å². The van der Waals surface area contributed by atoms with Gasteiger partial charge in [-0.25, -0.2) is 0 Å². The van der Waals surface area contributed by atoms with Gasteiger partial charge < -0.3 is 14.6 Å². The number of methoxy groups -OCH3 is 2. The lowest BCUT2D eigenvalue weighted by atomic mass is 9.94. The van der Waals surface area contributed by atoms with Crippen LogP contribution in [0, 0.1) is 6.92 Å². The number of aliphatic hydroxyl groups excluding tert-OH is 1. The van der Waals surface area contributed by atoms with E-state index in [-0.39, 0.29) is 11.3 Å². The number of amides is 1. The first-order chi connectivity index (χ1) is 15.5. The van der Waals surface area contributed by atoms with E-state index >= 15 is 0 Å². The highest BCUT2D eigenvalue weighted by molar-refractivity contribution is 6.51. The Hall–Kier alpha value is -4.13. The van der Waals surface area contributed by atoms with Crippen LogP contribution in [-0.4, -0.2) is 36.0 Å². The molecule has 1 atom stereocenters. The highest BCUT2D eigenvalue weighted by atomic mass is 16.5. The largest absolute Gasteiger partial charge is 0.507 e. The van der Waals surface area contributed by atoms with Crippen molar-refractivity contribution in [3.8, 4) is 11.5 Å². The molecule has 1 aromatic heterocycles. The summed E-state index contributed by atoms with van der Waals surface area (Å²) in [6, 6.07) is 14.6. The van der Waals surface area contributed by atoms with Crippen molar-refractivity contribution in [1.29, 1.82) is 0 Å². The Morgan fingerprint density at radius 1 is 1.03 bits per heavy atom. The fraction of sp³-hybridized carbons (Fsp3) is 0.160. The number of ether oxygens (including phenoxy) is 2. The number of nitrogens with zero attached hydrogens (tertiary/aromatic N) is 2. The second-order valence-electron chi connectivity index (χ2n) is 7.35. The van der Waals surface area contributed by atoms with E-state index in [1.165, 1.54) is 25.3 Å². The maximum atomic E-state index is 13.2. The maximum absolute atomic E-state index is 13.2. The number of Topliss-reactive ketones (excluding diaryl/α,β-unsaturated/α-hetero) is 1. The van der Waals surface area contributed by atoms with Gasteiger partial charge >= 0.3 is 0 Å². The Kier molecular flexibility index (Phi) is 5.64. The molecule has 1 fully saturated rings. The molecule has 1 aliphatic rings. The predicted octanol–water partition coefficient (Wildman–Crippen LogP) is 4.03. The van der Waals surface area contributed by atoms with E-state index < -0.39 is 17.7 Å². The van der Waals surface area contributed by atoms with Crippen LogP contribution in [0.3, 0.4) is 0 Å². The number of carbonyl (C=O) groups is 2. The van der Waals surface area contributed by atoms with Crippen molar-refractivity contribution in [2.75, 3.05) is 19.1 Å². The highest BCUT2D eigenvalue weighted by Gasteiger charge is 2.48. The average Bonchev–Trinajstić information content (AvgIpc) is 3.09. The van der Waals surface area contributed by atoms with Crippen LogP contribution in [-0.2, 0) is 9.59 Å². The third-order valence-corrected chi connectivity index (χ3v) is 5.42. The van der Waals surface area contributed by atoms with Crippen LogP contribution < -0.4 is 14.4 Å². The number of ketones is 1. The Morgan fingerprint density at radius 2 is 1.78 bits per heavy atom. The average molecular weight is 430 g/mol. The van der Waals surface area contributed by atoms with Crippen molar-refractivity contribution in [1.82, 2.24) is 4.98 Å². The Bertz CT molecular complexity index is 1200. The van der Waals surface area contributed by atoms with E-state index in [9.17, 15) is 14.7 Å². The van der Waals surface area contributed by atoms with Crippen LogP contribution in [0.25, 0.3) is 5.76 Å². The number of aromatic nitrogens is 1. The molecule has 1 amide bonds. The SMILES string of the molecule is COc1ccc(OC)c(C2C(=C(O)c3ccc(C)cc3)C(=O)C(=O)N2c2cccnc2)c1. The zero-order valence-electron chi connectivity index (χ0n) is 17.9. The van der Waals surface area contributed by atoms with Crippen LogP contribution in [0.1, 0.15) is 22.7 Å². The van der Waals surface area contributed by atoms with Crippen molar-refractivity contribution in [3.05, 3.63) is 89.3 Å². The molecule has 4 rings (SSSR count). The van der Waals surface area contributed by atoms with Crippen molar-refractivity contribution in [2.45, 2.75) is 13.0 Å². The number of anilines is 1. The number of carbonyl (C=O) groups excluding carboxylic acids is 2. The number of aryl methyl sites for hydroxylation is 1. The second kappa shape index (κ2) is 8.55. The summed E-state index contributed by atoms with van der Waals surface area (Å²) in [4.78, 5) is 31.8. The quantitative estimate of drug-likeness (QED) is 0.373. The standard InChI is InChI=1S/C25H22N2O5/c1-15-6-8-16(9-7-15)23(28)21-22(19-13-18(31-2)10-11-20(19)32-3)27(25(30)24(21)29)17-5-4-12-26-14-17/h4-14,22,28H,1-3H3. The number of pyridine rings is 1. The summed E-state index contributed by atoms with van der Waals surface area (Å²) in [5.41, 5.74) is 2.33. The highest BCUT2D eigenvalue weighted by Crippen LogP contribution is 2.45. The molecule has 1 unspecified atom stereocenters. The molecular weight excluding hydrogens is 408 g/mol. The lowest BCUT2D eigenvalue weighted by Gasteiger charge is -2.26. The second-order valence-corrected chi connectivity index (χ2v) is 7.35. The van der Waals surface area contributed by atoms with Gasteiger partial charge in [0.2, 0.25) is 0 Å². The maximum Gasteiger partial charge on any atom is 0.300 e. The molecule has 0 bridgehead atoms. The summed E-state index contributed by atoms with van der Waals surface area (Å²) in [6.07, 6.45) is 3.07. The fourth-order valence-electron chi connectivity index (χ4n) is 3.81. The minimum atomic E-state index is -0.939. The molecule has 162 valence electrons. The molecule has 7 nitrogen and oxygen atoms in total. The zero-order valence-corrected chi connectivity index (χ0v) is 17.9. The van der Waals surface area contributed by atoms with Crippen LogP contribution in [0.15, 0.2) is 72.6 Å². The molecule has 32 heavy (non-hydrogen) atoms. The summed E-state index contributed by atoms with van der Waals surface area (Å²) in [7, 11) is 3.03. The lowest BCUT2D eigenvalue weighted by molar-refractivity contribution is -0.132. The van der Waals surface area contributed by atoms with Gasteiger partial charge in [-0.05, 0) is 37.3 Å². The molecule has 2 aromatic carbocycles. The van der Waals surface area contributed by atoms with E-state index in [1.807, 2.05) is 19.1 Å². The monoisotopic (exact) mass is 430 g/mol. The number of rotatable bonds is 5. The molecule has 0 spiro atoms. The van der Waals surface area contributed by atoms with Gasteiger partial charge in [0, 0.05) is 17.3 Å².